The van der Waals surface area contributed by atoms with Crippen LogP contribution in [0.15, 0.2) is 42.5 Å². The third-order valence-corrected chi connectivity index (χ3v) is 7.53. The number of ketones is 1. The van der Waals surface area contributed by atoms with Crippen LogP contribution in [-0.4, -0.2) is 66.1 Å². The van der Waals surface area contributed by atoms with Gasteiger partial charge in [0, 0.05) is 30.8 Å². The molecule has 0 unspecified atom stereocenters. The lowest BCUT2D eigenvalue weighted by atomic mass is 10.00. The summed E-state index contributed by atoms with van der Waals surface area (Å²) in [6.45, 7) is 1.97. The Morgan fingerprint density at radius 1 is 0.977 bits per heavy atom. The van der Waals surface area contributed by atoms with Crippen molar-refractivity contribution in [1.82, 2.24) is 10.2 Å². The normalized spacial score (nSPS) is 15.1. The molecule has 0 aromatic heterocycles. The Balaban J connectivity index is 1.26. The van der Waals surface area contributed by atoms with Crippen LogP contribution in [0.2, 0.25) is 0 Å². The molecule has 3 aromatic rings. The number of carbonyl (C=O) groups is 3. The summed E-state index contributed by atoms with van der Waals surface area (Å²) >= 11 is 0. The number of rotatable bonds is 12. The maximum atomic E-state index is 13.9. The first-order chi connectivity index (χ1) is 21.1. The van der Waals surface area contributed by atoms with Gasteiger partial charge in [0.15, 0.2) is 34.7 Å². The van der Waals surface area contributed by atoms with Gasteiger partial charge in [0.05, 0.1) is 12.5 Å². The third kappa shape index (κ3) is 6.32. The Labute approximate surface area is 249 Å². The monoisotopic (exact) mass is 616 g/mol. The maximum absolute atomic E-state index is 13.9. The Kier molecular flexibility index (Phi) is 9.04. The fourth-order valence-electron chi connectivity index (χ4n) is 5.17. The van der Waals surface area contributed by atoms with E-state index in [0.29, 0.717) is 43.2 Å². The number of Topliss-reactive ketones (excluding diaryl/α,β-unsaturated/α-hetero) is 1. The zero-order chi connectivity index (χ0) is 31.5. The molecule has 0 saturated carbocycles. The van der Waals surface area contributed by atoms with Crippen molar-refractivity contribution in [3.05, 3.63) is 76.9 Å². The van der Waals surface area contributed by atoms with Gasteiger partial charge in [0.2, 0.25) is 11.6 Å². The fourth-order valence-corrected chi connectivity index (χ4v) is 5.17. The summed E-state index contributed by atoms with van der Waals surface area (Å²) in [4.78, 5) is 39.3. The van der Waals surface area contributed by atoms with Crippen molar-refractivity contribution in [3.8, 4) is 28.4 Å². The second-order valence-corrected chi connectivity index (χ2v) is 10.3. The highest BCUT2D eigenvalue weighted by atomic mass is 19.2. The number of carboxylic acid groups (broad SMARTS) is 1. The number of amides is 1. The van der Waals surface area contributed by atoms with E-state index in [9.17, 15) is 37.1 Å². The molecule has 0 saturated heterocycles. The standard InChI is InChI=1S/C31H28F4N2O7/c1-2-19(13-36-23(12-27(39)40)24(38)15-44-30-28(34)21(32)11-22(33)29(30)35)37-14-18-4-3-16(9-20(18)31(37)41)17-5-6-25-26(10-17)43-8-7-42-25/h3-6,9-11,19,23,36H,2,7-8,12-15H2,1H3,(H,39,40)/t19-,23-/m0/s1. The second-order valence-electron chi connectivity index (χ2n) is 10.3. The number of carboxylic acids is 1. The zero-order valence-electron chi connectivity index (χ0n) is 23.5. The average Bonchev–Trinajstić information content (AvgIpc) is 3.34. The van der Waals surface area contributed by atoms with Gasteiger partial charge in [0.1, 0.15) is 19.8 Å². The number of aliphatic carboxylic acids is 1. The van der Waals surface area contributed by atoms with Gasteiger partial charge in [-0.05, 0) is 41.3 Å². The number of nitrogens with zero attached hydrogens (tertiary/aromatic N) is 1. The number of hydrogen-bond acceptors (Lipinski definition) is 7. The molecule has 0 fully saturated rings. The van der Waals surface area contributed by atoms with Crippen molar-refractivity contribution in [3.63, 3.8) is 0 Å². The first-order valence-corrected chi connectivity index (χ1v) is 13.8. The summed E-state index contributed by atoms with van der Waals surface area (Å²) in [6, 6.07) is 9.26. The zero-order valence-corrected chi connectivity index (χ0v) is 23.5. The predicted molar refractivity (Wildman–Crippen MR) is 148 cm³/mol. The number of ether oxygens (including phenoxy) is 3. The van der Waals surface area contributed by atoms with Gasteiger partial charge in [-0.1, -0.05) is 25.1 Å². The number of nitrogens with one attached hydrogen (secondary N) is 1. The molecule has 2 N–H and O–H groups in total. The molecule has 0 spiro atoms. The van der Waals surface area contributed by atoms with Crippen LogP contribution >= 0.6 is 0 Å². The number of carbonyl (C=O) groups excluding carboxylic acids is 2. The fraction of sp³-hybridized carbons (Fsp3) is 0.323. The second kappa shape index (κ2) is 12.9. The van der Waals surface area contributed by atoms with Gasteiger partial charge in [-0.2, -0.15) is 8.78 Å². The van der Waals surface area contributed by atoms with Crippen LogP contribution in [0.25, 0.3) is 11.1 Å². The highest BCUT2D eigenvalue weighted by Crippen LogP contribution is 2.36. The minimum absolute atomic E-state index is 0.00379. The Bertz CT molecular complexity index is 1590. The number of benzene rings is 3. The summed E-state index contributed by atoms with van der Waals surface area (Å²) in [7, 11) is 0. The van der Waals surface area contributed by atoms with Crippen LogP contribution in [0.4, 0.5) is 17.6 Å². The Morgan fingerprint density at radius 2 is 1.64 bits per heavy atom. The van der Waals surface area contributed by atoms with Gasteiger partial charge >= 0.3 is 5.97 Å². The lowest BCUT2D eigenvalue weighted by Gasteiger charge is -2.28. The molecular formula is C31H28F4N2O7. The summed E-state index contributed by atoms with van der Waals surface area (Å²) in [5, 5.41) is 12.1. The van der Waals surface area contributed by atoms with E-state index in [4.69, 9.17) is 14.2 Å². The van der Waals surface area contributed by atoms with Crippen molar-refractivity contribution < 1.29 is 51.3 Å². The lowest BCUT2D eigenvalue weighted by molar-refractivity contribution is -0.140. The highest BCUT2D eigenvalue weighted by molar-refractivity contribution is 6.00. The average molecular weight is 617 g/mol. The summed E-state index contributed by atoms with van der Waals surface area (Å²) in [5.41, 5.74) is 2.96. The van der Waals surface area contributed by atoms with Crippen molar-refractivity contribution >= 4 is 17.7 Å². The molecule has 9 nitrogen and oxygen atoms in total. The molecule has 2 atom stereocenters. The molecule has 44 heavy (non-hydrogen) atoms. The van der Waals surface area contributed by atoms with Gasteiger partial charge < -0.3 is 29.5 Å². The predicted octanol–water partition coefficient (Wildman–Crippen LogP) is 4.50. The van der Waals surface area contributed by atoms with Crippen molar-refractivity contribution in [2.75, 3.05) is 26.4 Å². The molecule has 232 valence electrons. The molecular weight excluding hydrogens is 588 g/mol. The highest BCUT2D eigenvalue weighted by Gasteiger charge is 2.33. The number of fused-ring (bicyclic) bond motifs is 2. The molecule has 0 bridgehead atoms. The topological polar surface area (TPSA) is 114 Å². The van der Waals surface area contributed by atoms with Crippen LogP contribution in [0.1, 0.15) is 35.7 Å². The molecule has 0 aliphatic carbocycles. The Hall–Kier alpha value is -4.65. The largest absolute Gasteiger partial charge is 0.486 e. The van der Waals surface area contributed by atoms with Crippen LogP contribution in [-0.2, 0) is 16.1 Å². The quantitative estimate of drug-likeness (QED) is 0.226. The van der Waals surface area contributed by atoms with Crippen molar-refractivity contribution in [1.29, 1.82) is 0 Å². The molecule has 2 aliphatic heterocycles. The van der Waals surface area contributed by atoms with Crippen LogP contribution in [0, 0.1) is 23.3 Å². The van der Waals surface area contributed by atoms with Gasteiger partial charge in [-0.25, -0.2) is 8.78 Å². The SMILES string of the molecule is CC[C@@H](CN[C@@H](CC(=O)O)C(=O)COc1c(F)c(F)cc(F)c1F)N1Cc2ccc(-c3ccc4c(c3)OCCO4)cc2C1=O. The third-order valence-electron chi connectivity index (χ3n) is 7.53. The first kappa shape index (κ1) is 30.8. The first-order valence-electron chi connectivity index (χ1n) is 13.8. The molecule has 1 amide bonds. The lowest BCUT2D eigenvalue weighted by Crippen LogP contribution is -2.48. The Morgan fingerprint density at radius 3 is 2.32 bits per heavy atom. The molecule has 13 heteroatoms. The van der Waals surface area contributed by atoms with Gasteiger partial charge in [-0.3, -0.25) is 14.4 Å². The van der Waals surface area contributed by atoms with Crippen LogP contribution in [0.3, 0.4) is 0 Å². The van der Waals surface area contributed by atoms with Crippen LogP contribution in [0.5, 0.6) is 17.2 Å². The van der Waals surface area contributed by atoms with Gasteiger partial charge in [-0.15, -0.1) is 0 Å². The van der Waals surface area contributed by atoms with E-state index in [0.717, 1.165) is 16.7 Å². The van der Waals surface area contributed by atoms with E-state index in [-0.39, 0.29) is 18.5 Å². The number of hydrogen-bond donors (Lipinski definition) is 2. The molecule has 2 heterocycles. The molecule has 0 radical (unpaired) electrons. The van der Waals surface area contributed by atoms with E-state index in [1.165, 1.54) is 0 Å². The van der Waals surface area contributed by atoms with E-state index >= 15 is 0 Å². The maximum Gasteiger partial charge on any atom is 0.305 e. The van der Waals surface area contributed by atoms with Gasteiger partial charge in [0.25, 0.3) is 5.91 Å². The molecule has 3 aromatic carbocycles. The van der Waals surface area contributed by atoms with E-state index in [2.05, 4.69) is 5.32 Å². The van der Waals surface area contributed by atoms with Crippen molar-refractivity contribution in [2.24, 2.45) is 0 Å². The van der Waals surface area contributed by atoms with E-state index in [1.807, 2.05) is 37.3 Å². The van der Waals surface area contributed by atoms with Crippen LogP contribution < -0.4 is 19.5 Å². The summed E-state index contributed by atoms with van der Waals surface area (Å²) in [6.07, 6.45) is -0.264. The molecule has 2 aliphatic rings. The molecule has 5 rings (SSSR count). The number of halogens is 4. The minimum atomic E-state index is -1.82. The minimum Gasteiger partial charge on any atom is -0.486 e. The smallest absolute Gasteiger partial charge is 0.305 e. The van der Waals surface area contributed by atoms with E-state index < -0.39 is 65.9 Å². The summed E-state index contributed by atoms with van der Waals surface area (Å²) in [5.74, 6) is -9.75. The van der Waals surface area contributed by atoms with Crippen molar-refractivity contribution in [2.45, 2.75) is 38.4 Å². The van der Waals surface area contributed by atoms with E-state index in [1.54, 1.807) is 11.0 Å². The summed E-state index contributed by atoms with van der Waals surface area (Å²) < 4.78 is 70.8.